The van der Waals surface area contributed by atoms with Crippen LogP contribution in [0.15, 0.2) is 63.0 Å². The first kappa shape index (κ1) is 15.7. The van der Waals surface area contributed by atoms with E-state index in [0.29, 0.717) is 11.6 Å². The lowest BCUT2D eigenvalue weighted by molar-refractivity contribution is -0.139. The zero-order valence-corrected chi connectivity index (χ0v) is 14.3. The van der Waals surface area contributed by atoms with Crippen LogP contribution in [-0.2, 0) is 16.1 Å². The number of benzene rings is 1. The molecule has 0 saturated heterocycles. The van der Waals surface area contributed by atoms with E-state index in [9.17, 15) is 4.79 Å². The van der Waals surface area contributed by atoms with Crippen LogP contribution in [0.5, 0.6) is 0 Å². The number of thiophene rings is 1. The van der Waals surface area contributed by atoms with Crippen LogP contribution in [0.25, 0.3) is 16.8 Å². The number of aromatic nitrogens is 1. The number of halogens is 1. The first-order chi connectivity index (χ1) is 11.2. The molecule has 0 bridgehead atoms. The summed E-state index contributed by atoms with van der Waals surface area (Å²) in [7, 11) is 0. The van der Waals surface area contributed by atoms with E-state index < -0.39 is 5.97 Å². The summed E-state index contributed by atoms with van der Waals surface area (Å²) >= 11 is 4.96. The molecule has 6 heteroatoms. The highest BCUT2D eigenvalue weighted by molar-refractivity contribution is 9.10. The number of oxazole rings is 1. The maximum Gasteiger partial charge on any atom is 0.331 e. The second-order valence-corrected chi connectivity index (χ2v) is 6.39. The van der Waals surface area contributed by atoms with Crippen molar-refractivity contribution in [2.75, 3.05) is 0 Å². The average molecular weight is 390 g/mol. The highest BCUT2D eigenvalue weighted by Crippen LogP contribution is 2.23. The van der Waals surface area contributed by atoms with E-state index >= 15 is 0 Å². The fourth-order valence-corrected chi connectivity index (χ4v) is 2.92. The summed E-state index contributed by atoms with van der Waals surface area (Å²) in [5.41, 5.74) is 1.49. The lowest BCUT2D eigenvalue weighted by atomic mass is 10.2. The van der Waals surface area contributed by atoms with Crippen molar-refractivity contribution in [2.45, 2.75) is 6.61 Å². The Morgan fingerprint density at radius 3 is 2.96 bits per heavy atom. The van der Waals surface area contributed by atoms with Gasteiger partial charge in [0.15, 0.2) is 0 Å². The van der Waals surface area contributed by atoms with Gasteiger partial charge in [0.25, 0.3) is 0 Å². The van der Waals surface area contributed by atoms with Crippen molar-refractivity contribution in [1.29, 1.82) is 0 Å². The minimum Gasteiger partial charge on any atom is -0.456 e. The van der Waals surface area contributed by atoms with Crippen LogP contribution in [0.4, 0.5) is 0 Å². The highest BCUT2D eigenvalue weighted by Gasteiger charge is 2.08. The van der Waals surface area contributed by atoms with E-state index in [1.165, 1.54) is 12.3 Å². The van der Waals surface area contributed by atoms with Crippen LogP contribution >= 0.6 is 27.3 Å². The van der Waals surface area contributed by atoms with Gasteiger partial charge >= 0.3 is 5.97 Å². The van der Waals surface area contributed by atoms with E-state index in [2.05, 4.69) is 20.9 Å². The van der Waals surface area contributed by atoms with Crippen LogP contribution < -0.4 is 0 Å². The fraction of sp³-hybridized carbons (Fsp3) is 0.0588. The fourth-order valence-electron chi connectivity index (χ4n) is 1.85. The number of hydrogen-bond acceptors (Lipinski definition) is 5. The molecule has 0 aliphatic carbocycles. The molecular formula is C17H12BrNO3S. The molecule has 4 nitrogen and oxygen atoms in total. The van der Waals surface area contributed by atoms with Gasteiger partial charge in [-0.15, -0.1) is 11.3 Å². The second kappa shape index (κ2) is 7.39. The molecule has 0 atom stereocenters. The number of ether oxygens (including phenoxy) is 1. The summed E-state index contributed by atoms with van der Waals surface area (Å²) in [5.74, 6) is 0.108. The first-order valence-corrected chi connectivity index (χ1v) is 8.47. The van der Waals surface area contributed by atoms with E-state index in [0.717, 1.165) is 14.9 Å². The summed E-state index contributed by atoms with van der Waals surface area (Å²) in [6.07, 6.45) is 4.59. The molecule has 3 aromatic rings. The van der Waals surface area contributed by atoms with Crippen LogP contribution in [0.2, 0.25) is 0 Å². The molecule has 0 unspecified atom stereocenters. The minimum atomic E-state index is -0.429. The molecule has 0 saturated carbocycles. The molecule has 23 heavy (non-hydrogen) atoms. The molecule has 0 radical (unpaired) electrons. The predicted octanol–water partition coefficient (Wildman–Crippen LogP) is 4.92. The SMILES string of the molecule is O=C(/C=C/c1ccccc1Br)OCc1coc(-c2cccs2)n1. The topological polar surface area (TPSA) is 52.3 Å². The van der Waals surface area contributed by atoms with Crippen LogP contribution in [0.1, 0.15) is 11.3 Å². The Kier molecular flexibility index (Phi) is 5.05. The van der Waals surface area contributed by atoms with Crippen molar-refractivity contribution in [1.82, 2.24) is 4.98 Å². The van der Waals surface area contributed by atoms with Crippen LogP contribution in [0.3, 0.4) is 0 Å². The number of carbonyl (C=O) groups excluding carboxylic acids is 1. The largest absolute Gasteiger partial charge is 0.456 e. The molecule has 116 valence electrons. The van der Waals surface area contributed by atoms with Gasteiger partial charge < -0.3 is 9.15 Å². The Labute approximate surface area is 145 Å². The second-order valence-electron chi connectivity index (χ2n) is 4.58. The van der Waals surface area contributed by atoms with Gasteiger partial charge in [0.05, 0.1) is 4.88 Å². The van der Waals surface area contributed by atoms with Crippen molar-refractivity contribution in [3.63, 3.8) is 0 Å². The number of nitrogens with zero attached hydrogens (tertiary/aromatic N) is 1. The molecule has 0 aliphatic heterocycles. The summed E-state index contributed by atoms with van der Waals surface area (Å²) < 4.78 is 11.4. The average Bonchev–Trinajstić information content (AvgIpc) is 3.23. The Hall–Kier alpha value is -2.18. The first-order valence-electron chi connectivity index (χ1n) is 6.80. The molecule has 3 rings (SSSR count). The Bertz CT molecular complexity index is 824. The standard InChI is InChI=1S/C17H12BrNO3S/c18-14-5-2-1-4-12(14)7-8-16(20)21-10-13-11-22-17(19-13)15-6-3-9-23-15/h1-9,11H,10H2/b8-7+. The third kappa shape index (κ3) is 4.18. The zero-order chi connectivity index (χ0) is 16.1. The Morgan fingerprint density at radius 1 is 1.30 bits per heavy atom. The van der Waals surface area contributed by atoms with E-state index in [1.807, 2.05) is 41.8 Å². The lowest BCUT2D eigenvalue weighted by Gasteiger charge is -1.99. The molecule has 0 aliphatic rings. The quantitative estimate of drug-likeness (QED) is 0.458. The van der Waals surface area contributed by atoms with E-state index in [4.69, 9.17) is 9.15 Å². The molecule has 0 spiro atoms. The normalized spacial score (nSPS) is 11.0. The maximum atomic E-state index is 11.8. The highest BCUT2D eigenvalue weighted by atomic mass is 79.9. The predicted molar refractivity (Wildman–Crippen MR) is 92.8 cm³/mol. The molecule has 0 N–H and O–H groups in total. The summed E-state index contributed by atoms with van der Waals surface area (Å²) in [6.45, 7) is 0.0774. The van der Waals surface area contributed by atoms with Gasteiger partial charge in [0, 0.05) is 10.5 Å². The van der Waals surface area contributed by atoms with Gasteiger partial charge in [0.2, 0.25) is 5.89 Å². The van der Waals surface area contributed by atoms with Gasteiger partial charge in [-0.3, -0.25) is 0 Å². The zero-order valence-electron chi connectivity index (χ0n) is 11.9. The smallest absolute Gasteiger partial charge is 0.331 e. The molecule has 0 fully saturated rings. The number of hydrogen-bond donors (Lipinski definition) is 0. The number of rotatable bonds is 5. The van der Waals surface area contributed by atoms with E-state index in [1.54, 1.807) is 17.4 Å². The third-order valence-corrected chi connectivity index (χ3v) is 4.53. The Balaban J connectivity index is 1.56. The lowest BCUT2D eigenvalue weighted by Crippen LogP contribution is -2.00. The van der Waals surface area contributed by atoms with Crippen LogP contribution in [0, 0.1) is 0 Å². The Morgan fingerprint density at radius 2 is 2.17 bits per heavy atom. The van der Waals surface area contributed by atoms with Gasteiger partial charge in [0.1, 0.15) is 18.6 Å². The molecule has 1 aromatic carbocycles. The summed E-state index contributed by atoms with van der Waals surface area (Å²) in [6, 6.07) is 11.5. The van der Waals surface area contributed by atoms with Crippen molar-refractivity contribution in [3.8, 4) is 10.8 Å². The molecular weight excluding hydrogens is 378 g/mol. The number of carbonyl (C=O) groups is 1. The van der Waals surface area contributed by atoms with Crippen molar-refractivity contribution in [2.24, 2.45) is 0 Å². The van der Waals surface area contributed by atoms with Gasteiger partial charge in [-0.2, -0.15) is 0 Å². The third-order valence-electron chi connectivity index (χ3n) is 2.95. The number of esters is 1. The van der Waals surface area contributed by atoms with Gasteiger partial charge in [-0.05, 0) is 29.2 Å². The molecule has 2 aromatic heterocycles. The maximum absolute atomic E-state index is 11.8. The summed E-state index contributed by atoms with van der Waals surface area (Å²) in [4.78, 5) is 17.0. The van der Waals surface area contributed by atoms with E-state index in [-0.39, 0.29) is 6.61 Å². The minimum absolute atomic E-state index is 0.0774. The molecule has 0 amide bonds. The summed E-state index contributed by atoms with van der Waals surface area (Å²) in [5, 5.41) is 1.95. The van der Waals surface area contributed by atoms with Crippen molar-refractivity contribution >= 4 is 39.3 Å². The van der Waals surface area contributed by atoms with Crippen molar-refractivity contribution in [3.05, 3.63) is 69.8 Å². The molecule has 2 heterocycles. The van der Waals surface area contributed by atoms with Gasteiger partial charge in [-0.25, -0.2) is 9.78 Å². The van der Waals surface area contributed by atoms with Crippen LogP contribution in [-0.4, -0.2) is 11.0 Å². The van der Waals surface area contributed by atoms with Crippen molar-refractivity contribution < 1.29 is 13.9 Å². The monoisotopic (exact) mass is 389 g/mol. The van der Waals surface area contributed by atoms with Gasteiger partial charge in [-0.1, -0.05) is 40.2 Å².